The number of anilines is 3. The third-order valence-corrected chi connectivity index (χ3v) is 3.06. The highest BCUT2D eigenvalue weighted by Gasteiger charge is 2.14. The Kier molecular flexibility index (Phi) is 5.67. The van der Waals surface area contributed by atoms with Crippen LogP contribution in [0.3, 0.4) is 0 Å². The zero-order chi connectivity index (χ0) is 18.4. The molecule has 2 rings (SSSR count). The van der Waals surface area contributed by atoms with Crippen LogP contribution in [-0.4, -0.2) is 24.4 Å². The van der Waals surface area contributed by atoms with Gasteiger partial charge in [-0.1, -0.05) is 0 Å². The molecular formula is C17H16FN3O4. The summed E-state index contributed by atoms with van der Waals surface area (Å²) in [6.07, 6.45) is 0. The van der Waals surface area contributed by atoms with E-state index in [4.69, 9.17) is 10.5 Å². The molecular weight excluding hydrogens is 329 g/mol. The highest BCUT2D eigenvalue weighted by atomic mass is 19.1. The van der Waals surface area contributed by atoms with Crippen LogP contribution in [0.4, 0.5) is 21.5 Å². The van der Waals surface area contributed by atoms with Gasteiger partial charge in [0.15, 0.2) is 6.61 Å². The van der Waals surface area contributed by atoms with Crippen molar-refractivity contribution in [3.63, 3.8) is 0 Å². The van der Waals surface area contributed by atoms with Crippen molar-refractivity contribution in [3.05, 3.63) is 53.8 Å². The van der Waals surface area contributed by atoms with Crippen molar-refractivity contribution in [1.29, 1.82) is 0 Å². The van der Waals surface area contributed by atoms with Crippen LogP contribution in [0.15, 0.2) is 42.5 Å². The molecule has 0 unspecified atom stereocenters. The van der Waals surface area contributed by atoms with Crippen molar-refractivity contribution >= 4 is 34.8 Å². The molecule has 0 spiro atoms. The number of esters is 1. The number of carbonyl (C=O) groups excluding carboxylic acids is 3. The summed E-state index contributed by atoms with van der Waals surface area (Å²) in [5.74, 6) is -2.16. The van der Waals surface area contributed by atoms with E-state index in [1.165, 1.54) is 13.0 Å². The van der Waals surface area contributed by atoms with E-state index in [2.05, 4.69) is 10.6 Å². The van der Waals surface area contributed by atoms with Gasteiger partial charge < -0.3 is 21.1 Å². The molecule has 0 radical (unpaired) electrons. The first-order chi connectivity index (χ1) is 11.8. The van der Waals surface area contributed by atoms with Gasteiger partial charge in [0, 0.05) is 24.0 Å². The van der Waals surface area contributed by atoms with E-state index in [-0.39, 0.29) is 17.2 Å². The minimum absolute atomic E-state index is 0.0196. The Morgan fingerprint density at radius 1 is 1.04 bits per heavy atom. The van der Waals surface area contributed by atoms with Gasteiger partial charge in [0.05, 0.1) is 5.56 Å². The van der Waals surface area contributed by atoms with Gasteiger partial charge >= 0.3 is 5.97 Å². The smallest absolute Gasteiger partial charge is 0.340 e. The van der Waals surface area contributed by atoms with Gasteiger partial charge in [0.2, 0.25) is 5.91 Å². The van der Waals surface area contributed by atoms with Crippen LogP contribution in [0.5, 0.6) is 0 Å². The minimum atomic E-state index is -0.825. The maximum Gasteiger partial charge on any atom is 0.340 e. The Bertz CT molecular complexity index is 806. The molecule has 7 nitrogen and oxygen atoms in total. The van der Waals surface area contributed by atoms with Gasteiger partial charge in [0.25, 0.3) is 5.91 Å². The quantitative estimate of drug-likeness (QED) is 0.568. The number of nitrogen functional groups attached to an aromatic ring is 1. The fourth-order valence-corrected chi connectivity index (χ4v) is 1.97. The number of carbonyl (C=O) groups is 3. The maximum atomic E-state index is 12.9. The minimum Gasteiger partial charge on any atom is -0.452 e. The van der Waals surface area contributed by atoms with Crippen molar-refractivity contribution in [3.8, 4) is 0 Å². The third kappa shape index (κ3) is 5.31. The van der Waals surface area contributed by atoms with E-state index in [1.807, 2.05) is 0 Å². The summed E-state index contributed by atoms with van der Waals surface area (Å²) < 4.78 is 17.8. The number of halogens is 1. The van der Waals surface area contributed by atoms with E-state index in [9.17, 15) is 18.8 Å². The lowest BCUT2D eigenvalue weighted by atomic mass is 10.2. The standard InChI is InChI=1S/C17H16FN3O4/c1-10(22)20-12-3-5-13(6-4-12)21-16(23)9-25-17(24)14-7-2-11(18)8-15(14)19/h2-8H,9,19H2,1H3,(H,20,22)(H,21,23). The third-order valence-electron chi connectivity index (χ3n) is 3.06. The number of nitrogens with one attached hydrogen (secondary N) is 2. The molecule has 0 saturated carbocycles. The van der Waals surface area contributed by atoms with Gasteiger partial charge in [-0.2, -0.15) is 0 Å². The van der Waals surface area contributed by atoms with Gasteiger partial charge in [0.1, 0.15) is 5.82 Å². The number of amides is 2. The molecule has 0 aromatic heterocycles. The van der Waals surface area contributed by atoms with E-state index in [0.29, 0.717) is 11.4 Å². The molecule has 0 fully saturated rings. The van der Waals surface area contributed by atoms with Gasteiger partial charge in [-0.05, 0) is 42.5 Å². The summed E-state index contributed by atoms with van der Waals surface area (Å²) in [5, 5.41) is 5.13. The molecule has 2 aromatic rings. The Morgan fingerprint density at radius 2 is 1.64 bits per heavy atom. The second-order valence-corrected chi connectivity index (χ2v) is 5.11. The topological polar surface area (TPSA) is 111 Å². The lowest BCUT2D eigenvalue weighted by molar-refractivity contribution is -0.119. The van der Waals surface area contributed by atoms with Crippen LogP contribution in [0.1, 0.15) is 17.3 Å². The van der Waals surface area contributed by atoms with Crippen LogP contribution in [0.2, 0.25) is 0 Å². The maximum absolute atomic E-state index is 12.9. The molecule has 2 amide bonds. The predicted molar refractivity (Wildman–Crippen MR) is 90.5 cm³/mol. The molecule has 0 saturated heterocycles. The van der Waals surface area contributed by atoms with E-state index in [0.717, 1.165) is 12.1 Å². The van der Waals surface area contributed by atoms with Gasteiger partial charge in [-0.25, -0.2) is 9.18 Å². The number of benzene rings is 2. The summed E-state index contributed by atoms with van der Waals surface area (Å²) in [6, 6.07) is 9.65. The monoisotopic (exact) mass is 345 g/mol. The average Bonchev–Trinajstić information content (AvgIpc) is 2.54. The molecule has 0 atom stereocenters. The summed E-state index contributed by atoms with van der Waals surface area (Å²) in [5.41, 5.74) is 6.50. The molecule has 25 heavy (non-hydrogen) atoms. The molecule has 0 bridgehead atoms. The fourth-order valence-electron chi connectivity index (χ4n) is 1.97. The number of nitrogens with two attached hydrogens (primary N) is 1. The Labute approximate surface area is 143 Å². The van der Waals surface area contributed by atoms with Gasteiger partial charge in [-0.3, -0.25) is 9.59 Å². The summed E-state index contributed by atoms with van der Waals surface area (Å²) >= 11 is 0. The van der Waals surface area contributed by atoms with Crippen LogP contribution in [0.25, 0.3) is 0 Å². The van der Waals surface area contributed by atoms with E-state index < -0.39 is 24.3 Å². The highest BCUT2D eigenvalue weighted by Crippen LogP contribution is 2.15. The van der Waals surface area contributed by atoms with E-state index in [1.54, 1.807) is 24.3 Å². The van der Waals surface area contributed by atoms with Crippen LogP contribution < -0.4 is 16.4 Å². The largest absolute Gasteiger partial charge is 0.452 e. The first-order valence-electron chi connectivity index (χ1n) is 7.25. The van der Waals surface area contributed by atoms with Crippen LogP contribution >= 0.6 is 0 Å². The molecule has 0 aliphatic rings. The molecule has 130 valence electrons. The van der Waals surface area contributed by atoms with Crippen molar-refractivity contribution < 1.29 is 23.5 Å². The van der Waals surface area contributed by atoms with Crippen molar-refractivity contribution in [2.75, 3.05) is 23.0 Å². The molecule has 8 heteroatoms. The number of rotatable bonds is 5. The normalized spacial score (nSPS) is 10.0. The summed E-state index contributed by atoms with van der Waals surface area (Å²) in [6.45, 7) is 0.862. The molecule has 0 aliphatic carbocycles. The first kappa shape index (κ1) is 17.9. The van der Waals surface area contributed by atoms with Crippen LogP contribution in [-0.2, 0) is 14.3 Å². The second-order valence-electron chi connectivity index (χ2n) is 5.11. The lowest BCUT2D eigenvalue weighted by Crippen LogP contribution is -2.21. The predicted octanol–water partition coefficient (Wildman–Crippen LogP) is 2.16. The zero-order valence-electron chi connectivity index (χ0n) is 13.3. The Morgan fingerprint density at radius 3 is 2.20 bits per heavy atom. The fraction of sp³-hybridized carbons (Fsp3) is 0.118. The second kappa shape index (κ2) is 7.91. The average molecular weight is 345 g/mol. The van der Waals surface area contributed by atoms with E-state index >= 15 is 0 Å². The molecule has 0 heterocycles. The number of ether oxygens (including phenoxy) is 1. The van der Waals surface area contributed by atoms with Crippen molar-refractivity contribution in [1.82, 2.24) is 0 Å². The van der Waals surface area contributed by atoms with Crippen molar-refractivity contribution in [2.45, 2.75) is 6.92 Å². The Hall–Kier alpha value is -3.42. The highest BCUT2D eigenvalue weighted by molar-refractivity contribution is 5.98. The molecule has 0 aliphatic heterocycles. The van der Waals surface area contributed by atoms with Gasteiger partial charge in [-0.15, -0.1) is 0 Å². The number of hydrogen-bond donors (Lipinski definition) is 3. The van der Waals surface area contributed by atoms with Crippen LogP contribution in [0, 0.1) is 5.82 Å². The van der Waals surface area contributed by atoms with Crippen molar-refractivity contribution in [2.24, 2.45) is 0 Å². The molecule has 4 N–H and O–H groups in total. The molecule has 2 aromatic carbocycles. The lowest BCUT2D eigenvalue weighted by Gasteiger charge is -2.09. The number of hydrogen-bond acceptors (Lipinski definition) is 5. The zero-order valence-corrected chi connectivity index (χ0v) is 13.3. The Balaban J connectivity index is 1.87. The summed E-state index contributed by atoms with van der Waals surface area (Å²) in [4.78, 5) is 34.6. The summed E-state index contributed by atoms with van der Waals surface area (Å²) in [7, 11) is 0. The SMILES string of the molecule is CC(=O)Nc1ccc(NC(=O)COC(=O)c2ccc(F)cc2N)cc1. The first-order valence-corrected chi connectivity index (χ1v) is 7.25.